The zero-order valence-electron chi connectivity index (χ0n) is 17.5. The van der Waals surface area contributed by atoms with E-state index in [9.17, 15) is 0 Å². The molecule has 0 amide bonds. The summed E-state index contributed by atoms with van der Waals surface area (Å²) in [5.74, 6) is 1.49. The van der Waals surface area contributed by atoms with Gasteiger partial charge >= 0.3 is 5.71 Å². The van der Waals surface area contributed by atoms with Crippen LogP contribution >= 0.6 is 0 Å². The van der Waals surface area contributed by atoms with Crippen LogP contribution in [0.5, 0.6) is 0 Å². The van der Waals surface area contributed by atoms with Crippen LogP contribution in [0.1, 0.15) is 6.42 Å². The molecule has 1 saturated heterocycles. The van der Waals surface area contributed by atoms with Gasteiger partial charge in [-0.2, -0.15) is 0 Å². The molecule has 1 aliphatic rings. The van der Waals surface area contributed by atoms with Crippen molar-refractivity contribution in [3.63, 3.8) is 0 Å². The van der Waals surface area contributed by atoms with Crippen LogP contribution in [0.15, 0.2) is 71.4 Å². The summed E-state index contributed by atoms with van der Waals surface area (Å²) in [6, 6.07) is 20.4. The highest BCUT2D eigenvalue weighted by molar-refractivity contribution is 6.04. The zero-order valence-corrected chi connectivity index (χ0v) is 17.5. The fourth-order valence-electron chi connectivity index (χ4n) is 4.22. The van der Waals surface area contributed by atoms with Gasteiger partial charge in [0.1, 0.15) is 11.1 Å². The molecule has 0 radical (unpaired) electrons. The number of nitrogens with two attached hydrogens (primary N) is 1. The first kappa shape index (κ1) is 19.7. The molecule has 0 unspecified atom stereocenters. The number of nitrogens with zero attached hydrogens (tertiary/aromatic N) is 3. The fourth-order valence-corrected chi connectivity index (χ4v) is 4.22. The first-order valence-electron chi connectivity index (χ1n) is 10.8. The lowest BCUT2D eigenvalue weighted by molar-refractivity contribution is -0.684. The van der Waals surface area contributed by atoms with E-state index in [1.807, 2.05) is 41.0 Å². The van der Waals surface area contributed by atoms with Crippen LogP contribution in [0.25, 0.3) is 33.6 Å². The van der Waals surface area contributed by atoms with Crippen molar-refractivity contribution in [3.05, 3.63) is 67.0 Å². The summed E-state index contributed by atoms with van der Waals surface area (Å²) >= 11 is 0. The van der Waals surface area contributed by atoms with E-state index in [-0.39, 0.29) is 0 Å². The lowest BCUT2D eigenvalue weighted by atomic mass is 9.99. The number of fused-ring (bicyclic) bond motifs is 1. The summed E-state index contributed by atoms with van der Waals surface area (Å²) in [4.78, 5) is 7.06. The molecule has 4 aromatic rings. The van der Waals surface area contributed by atoms with Crippen LogP contribution < -0.4 is 10.3 Å². The number of ether oxygens (including phenoxy) is 1. The third kappa shape index (κ3) is 4.04. The Balaban J connectivity index is 1.53. The van der Waals surface area contributed by atoms with Gasteiger partial charge in [-0.15, -0.1) is 0 Å². The van der Waals surface area contributed by atoms with Gasteiger partial charge in [0.25, 0.3) is 0 Å². The monoisotopic (exact) mass is 415 g/mol. The number of morpholine rings is 1. The van der Waals surface area contributed by atoms with Gasteiger partial charge in [0.2, 0.25) is 12.1 Å². The van der Waals surface area contributed by atoms with Gasteiger partial charge in [-0.25, -0.2) is 4.57 Å². The quantitative estimate of drug-likeness (QED) is 0.486. The highest BCUT2D eigenvalue weighted by Crippen LogP contribution is 2.41. The number of hydrogen-bond acceptors (Lipinski definition) is 5. The molecule has 2 N–H and O–H groups in total. The number of nitrogen functional groups attached to an aromatic ring is 1. The number of rotatable bonds is 6. The van der Waals surface area contributed by atoms with E-state index in [1.54, 1.807) is 6.33 Å². The Morgan fingerprint density at radius 2 is 1.61 bits per heavy atom. The lowest BCUT2D eigenvalue weighted by Crippen LogP contribution is -2.41. The molecule has 158 valence electrons. The summed E-state index contributed by atoms with van der Waals surface area (Å²) in [7, 11) is 0. The summed E-state index contributed by atoms with van der Waals surface area (Å²) in [5.41, 5.74) is 10.3. The Morgan fingerprint density at radius 1 is 0.935 bits per heavy atom. The van der Waals surface area contributed by atoms with Gasteiger partial charge in [0.15, 0.2) is 0 Å². The van der Waals surface area contributed by atoms with Gasteiger partial charge in [0, 0.05) is 30.8 Å². The van der Waals surface area contributed by atoms with Gasteiger partial charge in [0.05, 0.1) is 19.8 Å². The molecule has 0 bridgehead atoms. The fraction of sp³-hybridized carbons (Fsp3) is 0.280. The SMILES string of the molecule is Nc1c2c(-c3ccccc3)c(-c3ccccc3)oc2nc[n+]1CCCN1CCOCC1. The molecule has 1 aliphatic heterocycles. The molecule has 0 atom stereocenters. The maximum absolute atomic E-state index is 6.70. The Kier molecular flexibility index (Phi) is 5.65. The third-order valence-electron chi connectivity index (χ3n) is 5.85. The molecule has 6 nitrogen and oxygen atoms in total. The van der Waals surface area contributed by atoms with Gasteiger partial charge in [-0.3, -0.25) is 4.90 Å². The van der Waals surface area contributed by atoms with Crippen molar-refractivity contribution in [1.82, 2.24) is 9.88 Å². The summed E-state index contributed by atoms with van der Waals surface area (Å²) < 4.78 is 13.7. The average Bonchev–Trinajstić information content (AvgIpc) is 3.23. The minimum Gasteiger partial charge on any atom is -0.425 e. The first-order valence-corrected chi connectivity index (χ1v) is 10.8. The average molecular weight is 416 g/mol. The van der Waals surface area contributed by atoms with E-state index in [0.717, 1.165) is 73.7 Å². The Morgan fingerprint density at radius 3 is 2.32 bits per heavy atom. The smallest absolute Gasteiger partial charge is 0.310 e. The van der Waals surface area contributed by atoms with Crippen molar-refractivity contribution >= 4 is 16.9 Å². The van der Waals surface area contributed by atoms with E-state index in [1.165, 1.54) is 0 Å². The molecule has 0 saturated carbocycles. The number of benzene rings is 2. The predicted molar refractivity (Wildman–Crippen MR) is 121 cm³/mol. The zero-order chi connectivity index (χ0) is 21.0. The van der Waals surface area contributed by atoms with Crippen LogP contribution in [0.3, 0.4) is 0 Å². The molecule has 5 rings (SSSR count). The number of furan rings is 1. The largest absolute Gasteiger partial charge is 0.425 e. The molecule has 3 heterocycles. The minimum atomic E-state index is 0.569. The molecule has 2 aromatic carbocycles. The Hall–Kier alpha value is -3.22. The second-order valence-corrected chi connectivity index (χ2v) is 7.85. The Labute approximate surface area is 181 Å². The van der Waals surface area contributed by atoms with Gasteiger partial charge < -0.3 is 14.9 Å². The van der Waals surface area contributed by atoms with E-state index < -0.39 is 0 Å². The van der Waals surface area contributed by atoms with Crippen molar-refractivity contribution < 1.29 is 13.7 Å². The number of aryl methyl sites for hydroxylation is 1. The molecule has 2 aromatic heterocycles. The van der Waals surface area contributed by atoms with Crippen molar-refractivity contribution in [2.24, 2.45) is 0 Å². The van der Waals surface area contributed by atoms with Crippen molar-refractivity contribution in [2.75, 3.05) is 38.6 Å². The van der Waals surface area contributed by atoms with Crippen LogP contribution in [0.2, 0.25) is 0 Å². The second-order valence-electron chi connectivity index (χ2n) is 7.85. The molecule has 31 heavy (non-hydrogen) atoms. The number of anilines is 1. The highest BCUT2D eigenvalue weighted by atomic mass is 16.5. The first-order chi connectivity index (χ1) is 15.3. The molecular formula is C25H27N4O2+. The maximum atomic E-state index is 6.70. The van der Waals surface area contributed by atoms with Crippen LogP contribution in [-0.2, 0) is 11.3 Å². The van der Waals surface area contributed by atoms with E-state index in [2.05, 4.69) is 34.1 Å². The number of hydrogen-bond donors (Lipinski definition) is 1. The molecule has 0 spiro atoms. The van der Waals surface area contributed by atoms with Crippen molar-refractivity contribution in [2.45, 2.75) is 13.0 Å². The second kappa shape index (κ2) is 8.88. The van der Waals surface area contributed by atoms with Crippen molar-refractivity contribution in [3.8, 4) is 22.5 Å². The van der Waals surface area contributed by atoms with E-state index in [0.29, 0.717) is 11.5 Å². The molecule has 1 fully saturated rings. The predicted octanol–water partition coefficient (Wildman–Crippen LogP) is 3.75. The lowest BCUT2D eigenvalue weighted by Gasteiger charge is -2.26. The van der Waals surface area contributed by atoms with Crippen LogP contribution in [0.4, 0.5) is 5.82 Å². The van der Waals surface area contributed by atoms with E-state index >= 15 is 0 Å². The van der Waals surface area contributed by atoms with Gasteiger partial charge in [-0.1, -0.05) is 65.6 Å². The number of aromatic nitrogens is 2. The summed E-state index contributed by atoms with van der Waals surface area (Å²) in [6.45, 7) is 5.47. The minimum absolute atomic E-state index is 0.569. The normalized spacial score (nSPS) is 14.8. The molecule has 6 heteroatoms. The Bertz CT molecular complexity index is 1150. The molecule has 0 aliphatic carbocycles. The summed E-state index contributed by atoms with van der Waals surface area (Å²) in [6.07, 6.45) is 2.80. The topological polar surface area (TPSA) is 68.4 Å². The highest BCUT2D eigenvalue weighted by Gasteiger charge is 2.25. The van der Waals surface area contributed by atoms with Gasteiger partial charge in [-0.05, 0) is 12.0 Å². The summed E-state index contributed by atoms with van der Waals surface area (Å²) in [5, 5.41) is 0.874. The van der Waals surface area contributed by atoms with Crippen LogP contribution in [-0.4, -0.2) is 42.7 Å². The molecular weight excluding hydrogens is 388 g/mol. The van der Waals surface area contributed by atoms with Crippen molar-refractivity contribution in [1.29, 1.82) is 0 Å². The van der Waals surface area contributed by atoms with Crippen LogP contribution in [0, 0.1) is 0 Å². The third-order valence-corrected chi connectivity index (χ3v) is 5.85. The van der Waals surface area contributed by atoms with E-state index in [4.69, 9.17) is 14.9 Å². The maximum Gasteiger partial charge on any atom is 0.310 e. The standard InChI is InChI=1S/C25H26N4O2/c26-24-22-21(19-8-3-1-4-9-19)23(20-10-5-2-6-11-20)31-25(22)27-18-29(24)13-7-12-28-14-16-30-17-15-28/h1-6,8-11,18,26H,7,12-17H2/p+1.